The van der Waals surface area contributed by atoms with Crippen molar-refractivity contribution in [2.45, 2.75) is 57.1 Å². The number of carbonyl (C=O) groups excluding carboxylic acids is 1. The fourth-order valence-corrected chi connectivity index (χ4v) is 4.33. The third-order valence-corrected chi connectivity index (χ3v) is 5.83. The van der Waals surface area contributed by atoms with Crippen LogP contribution in [0.15, 0.2) is 15.8 Å². The Labute approximate surface area is 159 Å². The number of halogens is 2. The van der Waals surface area contributed by atoms with Crippen molar-refractivity contribution >= 4 is 39.4 Å². The van der Waals surface area contributed by atoms with Crippen molar-refractivity contribution in [1.29, 1.82) is 0 Å². The van der Waals surface area contributed by atoms with E-state index in [1.807, 2.05) is 20.8 Å². The molecule has 7 nitrogen and oxygen atoms in total. The number of aromatic nitrogens is 1. The molecule has 3 rings (SSSR count). The molecule has 2 aliphatic rings. The van der Waals surface area contributed by atoms with Gasteiger partial charge in [-0.15, -0.1) is 0 Å². The standard InChI is InChI=1S/C16H19BrClN5O2/c1-15(2,3)25-14(24)23-8-16(5-4-9(6-16)21-22-19)11-12(18)10(17)7-20-13(11)23/h7,9H,4-6,8H2,1-3H3. The Morgan fingerprint density at radius 1 is 1.60 bits per heavy atom. The van der Waals surface area contributed by atoms with E-state index in [4.69, 9.17) is 21.9 Å². The van der Waals surface area contributed by atoms with Crippen molar-refractivity contribution in [2.75, 3.05) is 11.4 Å². The van der Waals surface area contributed by atoms with Crippen LogP contribution in [0.3, 0.4) is 0 Å². The summed E-state index contributed by atoms with van der Waals surface area (Å²) in [5.41, 5.74) is 8.62. The second-order valence-electron chi connectivity index (χ2n) is 7.57. The van der Waals surface area contributed by atoms with Crippen molar-refractivity contribution in [3.05, 3.63) is 31.7 Å². The van der Waals surface area contributed by atoms with Gasteiger partial charge in [0.05, 0.1) is 9.50 Å². The maximum Gasteiger partial charge on any atom is 0.416 e. The number of nitrogens with zero attached hydrogens (tertiary/aromatic N) is 5. The molecule has 0 saturated heterocycles. The van der Waals surface area contributed by atoms with Gasteiger partial charge in [0.25, 0.3) is 0 Å². The number of fused-ring (bicyclic) bond motifs is 2. The number of azide groups is 1. The molecule has 134 valence electrons. The van der Waals surface area contributed by atoms with E-state index >= 15 is 0 Å². The van der Waals surface area contributed by atoms with E-state index in [0.29, 0.717) is 28.3 Å². The molecule has 1 aliphatic heterocycles. The lowest BCUT2D eigenvalue weighted by Crippen LogP contribution is -2.39. The molecule has 1 saturated carbocycles. The van der Waals surface area contributed by atoms with E-state index in [1.165, 1.54) is 0 Å². The van der Waals surface area contributed by atoms with Gasteiger partial charge in [0.15, 0.2) is 0 Å². The molecule has 1 fully saturated rings. The van der Waals surface area contributed by atoms with Crippen LogP contribution in [0.4, 0.5) is 10.6 Å². The van der Waals surface area contributed by atoms with Crippen LogP contribution >= 0.6 is 27.5 Å². The Morgan fingerprint density at radius 2 is 2.32 bits per heavy atom. The Hall–Kier alpha value is -1.50. The number of anilines is 1. The average molecular weight is 429 g/mol. The first kappa shape index (κ1) is 18.3. The quantitative estimate of drug-likeness (QED) is 0.343. The molecular weight excluding hydrogens is 410 g/mol. The third kappa shape index (κ3) is 3.30. The Bertz CT molecular complexity index is 775. The van der Waals surface area contributed by atoms with E-state index in [1.54, 1.807) is 11.1 Å². The topological polar surface area (TPSA) is 91.2 Å². The molecule has 1 amide bonds. The molecule has 2 unspecified atom stereocenters. The zero-order valence-electron chi connectivity index (χ0n) is 14.3. The minimum Gasteiger partial charge on any atom is -0.443 e. The molecule has 0 bridgehead atoms. The first-order chi connectivity index (χ1) is 11.7. The van der Waals surface area contributed by atoms with Crippen LogP contribution in [0.2, 0.25) is 5.02 Å². The lowest BCUT2D eigenvalue weighted by molar-refractivity contribution is 0.0577. The molecule has 9 heteroatoms. The second-order valence-corrected chi connectivity index (χ2v) is 8.80. The predicted molar refractivity (Wildman–Crippen MR) is 99.0 cm³/mol. The molecule has 1 spiro atoms. The van der Waals surface area contributed by atoms with Crippen molar-refractivity contribution in [2.24, 2.45) is 5.11 Å². The lowest BCUT2D eigenvalue weighted by Gasteiger charge is -2.27. The summed E-state index contributed by atoms with van der Waals surface area (Å²) >= 11 is 9.99. The third-order valence-electron chi connectivity index (χ3n) is 4.61. The molecule has 0 aromatic carbocycles. The molecular formula is C16H19BrClN5O2. The highest BCUT2D eigenvalue weighted by Gasteiger charge is 2.52. The minimum atomic E-state index is -0.602. The molecule has 1 aromatic rings. The Kier molecular flexibility index (Phi) is 4.64. The van der Waals surface area contributed by atoms with Crippen molar-refractivity contribution in [3.63, 3.8) is 0 Å². The van der Waals surface area contributed by atoms with Crippen LogP contribution in [-0.4, -0.2) is 29.3 Å². The summed E-state index contributed by atoms with van der Waals surface area (Å²) in [6.45, 7) is 5.91. The summed E-state index contributed by atoms with van der Waals surface area (Å²) in [4.78, 5) is 21.6. The number of hydrogen-bond acceptors (Lipinski definition) is 4. The van der Waals surface area contributed by atoms with E-state index < -0.39 is 11.7 Å². The number of rotatable bonds is 1. The summed E-state index contributed by atoms with van der Waals surface area (Å²) in [5.74, 6) is 0.532. The van der Waals surface area contributed by atoms with Crippen LogP contribution in [0.5, 0.6) is 0 Å². The van der Waals surface area contributed by atoms with Gasteiger partial charge in [-0.3, -0.25) is 4.90 Å². The van der Waals surface area contributed by atoms with E-state index in [0.717, 1.165) is 18.4 Å². The number of amides is 1. The lowest BCUT2D eigenvalue weighted by atomic mass is 9.81. The molecule has 25 heavy (non-hydrogen) atoms. The van der Waals surface area contributed by atoms with Gasteiger partial charge in [-0.2, -0.15) is 0 Å². The fourth-order valence-electron chi connectivity index (χ4n) is 3.70. The molecule has 1 aromatic heterocycles. The number of hydrogen-bond donors (Lipinski definition) is 0. The SMILES string of the molecule is CC(C)(C)OC(=O)N1CC2(CCC(N=[N+]=[N-])C2)c2c1ncc(Br)c2Cl. The molecule has 0 radical (unpaired) electrons. The van der Waals surface area contributed by atoms with Crippen LogP contribution in [0, 0.1) is 0 Å². The summed E-state index contributed by atoms with van der Waals surface area (Å²) in [7, 11) is 0. The highest BCUT2D eigenvalue weighted by molar-refractivity contribution is 9.10. The molecule has 2 heterocycles. The summed E-state index contributed by atoms with van der Waals surface area (Å²) < 4.78 is 6.22. The number of pyridine rings is 1. The van der Waals surface area contributed by atoms with E-state index in [-0.39, 0.29) is 11.5 Å². The van der Waals surface area contributed by atoms with Crippen molar-refractivity contribution in [3.8, 4) is 0 Å². The molecule has 1 aliphatic carbocycles. The fraction of sp³-hybridized carbons (Fsp3) is 0.625. The van der Waals surface area contributed by atoms with Crippen LogP contribution in [0.1, 0.15) is 45.6 Å². The number of carbonyl (C=O) groups is 1. The zero-order valence-corrected chi connectivity index (χ0v) is 16.6. The van der Waals surface area contributed by atoms with Gasteiger partial charge in [0, 0.05) is 34.7 Å². The maximum absolute atomic E-state index is 12.7. The van der Waals surface area contributed by atoms with Crippen LogP contribution in [0.25, 0.3) is 10.4 Å². The maximum atomic E-state index is 12.7. The second kappa shape index (κ2) is 6.34. The normalized spacial score (nSPS) is 25.0. The highest BCUT2D eigenvalue weighted by Crippen LogP contribution is 2.54. The predicted octanol–water partition coefficient (Wildman–Crippen LogP) is 5.35. The number of ether oxygens (including phenoxy) is 1. The summed E-state index contributed by atoms with van der Waals surface area (Å²) in [5, 5.41) is 4.42. The van der Waals surface area contributed by atoms with E-state index in [9.17, 15) is 4.79 Å². The largest absolute Gasteiger partial charge is 0.443 e. The minimum absolute atomic E-state index is 0.105. The van der Waals surface area contributed by atoms with E-state index in [2.05, 4.69) is 30.9 Å². The van der Waals surface area contributed by atoms with Gasteiger partial charge in [0.1, 0.15) is 11.4 Å². The molecule has 2 atom stereocenters. The first-order valence-corrected chi connectivity index (χ1v) is 9.23. The van der Waals surface area contributed by atoms with Gasteiger partial charge in [-0.25, -0.2) is 9.78 Å². The van der Waals surface area contributed by atoms with Gasteiger partial charge in [-0.05, 0) is 61.5 Å². The summed E-state index contributed by atoms with van der Waals surface area (Å²) in [6.07, 6.45) is 3.33. The van der Waals surface area contributed by atoms with Crippen LogP contribution in [-0.2, 0) is 10.2 Å². The van der Waals surface area contributed by atoms with Gasteiger partial charge in [0.2, 0.25) is 0 Å². The molecule has 0 N–H and O–H groups in total. The smallest absolute Gasteiger partial charge is 0.416 e. The summed E-state index contributed by atoms with van der Waals surface area (Å²) in [6, 6.07) is -0.105. The average Bonchev–Trinajstić information content (AvgIpc) is 3.05. The van der Waals surface area contributed by atoms with Gasteiger partial charge >= 0.3 is 6.09 Å². The van der Waals surface area contributed by atoms with Crippen LogP contribution < -0.4 is 4.90 Å². The van der Waals surface area contributed by atoms with Gasteiger partial charge < -0.3 is 4.74 Å². The monoisotopic (exact) mass is 427 g/mol. The first-order valence-electron chi connectivity index (χ1n) is 8.06. The highest BCUT2D eigenvalue weighted by atomic mass is 79.9. The van der Waals surface area contributed by atoms with Crippen molar-refractivity contribution in [1.82, 2.24) is 4.98 Å². The zero-order chi connectivity index (χ0) is 18.4. The van der Waals surface area contributed by atoms with Gasteiger partial charge in [-0.1, -0.05) is 16.7 Å². The van der Waals surface area contributed by atoms with Crippen molar-refractivity contribution < 1.29 is 9.53 Å². The Balaban J connectivity index is 2.04. The Morgan fingerprint density at radius 3 is 2.96 bits per heavy atom.